The predicted molar refractivity (Wildman–Crippen MR) is 79.8 cm³/mol. The van der Waals surface area contributed by atoms with Gasteiger partial charge in [0.05, 0.1) is 11.4 Å². The highest BCUT2D eigenvalue weighted by Crippen LogP contribution is 2.24. The Hall–Kier alpha value is -2.26. The first-order chi connectivity index (χ1) is 9.70. The van der Waals surface area contributed by atoms with Gasteiger partial charge in [-0.1, -0.05) is 17.7 Å². The first kappa shape index (κ1) is 12.8. The van der Waals surface area contributed by atoms with E-state index in [2.05, 4.69) is 5.10 Å². The fourth-order valence-electron chi connectivity index (χ4n) is 1.89. The predicted octanol–water partition coefficient (Wildman–Crippen LogP) is 4.63. The summed E-state index contributed by atoms with van der Waals surface area (Å²) >= 11 is 5.86. The molecule has 0 atom stereocenters. The molecule has 20 heavy (non-hydrogen) atoms. The lowest BCUT2D eigenvalue weighted by Gasteiger charge is -2.08. The third kappa shape index (κ3) is 2.83. The van der Waals surface area contributed by atoms with Crippen LogP contribution in [0.25, 0.3) is 5.69 Å². The van der Waals surface area contributed by atoms with Crippen LogP contribution in [0.15, 0.2) is 60.8 Å². The van der Waals surface area contributed by atoms with Crippen LogP contribution < -0.4 is 4.74 Å². The van der Waals surface area contributed by atoms with Gasteiger partial charge in [0.25, 0.3) is 0 Å². The zero-order valence-electron chi connectivity index (χ0n) is 11.0. The van der Waals surface area contributed by atoms with Crippen molar-refractivity contribution in [3.63, 3.8) is 0 Å². The maximum Gasteiger partial charge on any atom is 0.129 e. The van der Waals surface area contributed by atoms with Crippen LogP contribution in [0.5, 0.6) is 11.5 Å². The third-order valence-electron chi connectivity index (χ3n) is 2.85. The van der Waals surface area contributed by atoms with Crippen molar-refractivity contribution < 1.29 is 4.74 Å². The molecular formula is C16H13ClN2O. The van der Waals surface area contributed by atoms with E-state index in [0.29, 0.717) is 5.02 Å². The van der Waals surface area contributed by atoms with Gasteiger partial charge in [0.15, 0.2) is 0 Å². The van der Waals surface area contributed by atoms with E-state index >= 15 is 0 Å². The number of aryl methyl sites for hydroxylation is 1. The van der Waals surface area contributed by atoms with Gasteiger partial charge >= 0.3 is 0 Å². The molecule has 0 saturated carbocycles. The molecule has 0 amide bonds. The summed E-state index contributed by atoms with van der Waals surface area (Å²) in [6.07, 6.45) is 1.93. The van der Waals surface area contributed by atoms with Crippen molar-refractivity contribution in [2.24, 2.45) is 0 Å². The number of nitrogens with zero attached hydrogens (tertiary/aromatic N) is 2. The van der Waals surface area contributed by atoms with Gasteiger partial charge in [-0.3, -0.25) is 0 Å². The molecule has 0 aliphatic rings. The smallest absolute Gasteiger partial charge is 0.129 e. The fraction of sp³-hybridized carbons (Fsp3) is 0.0625. The van der Waals surface area contributed by atoms with Crippen LogP contribution in [0.4, 0.5) is 0 Å². The first-order valence-corrected chi connectivity index (χ1v) is 6.65. The van der Waals surface area contributed by atoms with E-state index in [-0.39, 0.29) is 0 Å². The molecule has 0 bridgehead atoms. The van der Waals surface area contributed by atoms with Crippen molar-refractivity contribution in [3.05, 3.63) is 71.5 Å². The summed E-state index contributed by atoms with van der Waals surface area (Å²) in [4.78, 5) is 0. The standard InChI is InChI=1S/C16H13ClN2O/c1-12-9-10-19(18-12)14-3-2-4-16(11-14)20-15-7-5-13(17)6-8-15/h2-11H,1H3. The molecule has 0 radical (unpaired) electrons. The van der Waals surface area contributed by atoms with Gasteiger partial charge in [0.1, 0.15) is 11.5 Å². The Morgan fingerprint density at radius 1 is 1.00 bits per heavy atom. The number of benzene rings is 2. The molecule has 0 spiro atoms. The van der Waals surface area contributed by atoms with Crippen molar-refractivity contribution >= 4 is 11.6 Å². The third-order valence-corrected chi connectivity index (χ3v) is 3.11. The minimum atomic E-state index is 0.693. The fourth-order valence-corrected chi connectivity index (χ4v) is 2.01. The topological polar surface area (TPSA) is 27.1 Å². The molecule has 1 heterocycles. The van der Waals surface area contributed by atoms with E-state index in [0.717, 1.165) is 22.9 Å². The van der Waals surface area contributed by atoms with Crippen LogP contribution in [0.2, 0.25) is 5.02 Å². The number of halogens is 1. The zero-order chi connectivity index (χ0) is 13.9. The van der Waals surface area contributed by atoms with Gasteiger partial charge < -0.3 is 4.74 Å². The Bertz CT molecular complexity index is 719. The molecule has 0 fully saturated rings. The monoisotopic (exact) mass is 284 g/mol. The Kier molecular flexibility index (Phi) is 3.44. The van der Waals surface area contributed by atoms with Crippen molar-refractivity contribution in [2.45, 2.75) is 6.92 Å². The Morgan fingerprint density at radius 2 is 1.80 bits per heavy atom. The van der Waals surface area contributed by atoms with Gasteiger partial charge in [-0.2, -0.15) is 5.10 Å². The minimum absolute atomic E-state index is 0.693. The molecule has 100 valence electrons. The van der Waals surface area contributed by atoms with Crippen molar-refractivity contribution in [1.29, 1.82) is 0 Å². The van der Waals surface area contributed by atoms with E-state index in [1.54, 1.807) is 12.1 Å². The lowest BCUT2D eigenvalue weighted by atomic mass is 10.3. The number of rotatable bonds is 3. The molecule has 3 rings (SSSR count). The minimum Gasteiger partial charge on any atom is -0.457 e. The number of aromatic nitrogens is 2. The Balaban J connectivity index is 1.86. The summed E-state index contributed by atoms with van der Waals surface area (Å²) < 4.78 is 7.63. The quantitative estimate of drug-likeness (QED) is 0.701. The molecule has 0 aliphatic carbocycles. The lowest BCUT2D eigenvalue weighted by molar-refractivity contribution is 0.482. The van der Waals surface area contributed by atoms with E-state index in [1.807, 2.05) is 60.3 Å². The van der Waals surface area contributed by atoms with Crippen molar-refractivity contribution in [1.82, 2.24) is 9.78 Å². The van der Waals surface area contributed by atoms with Crippen LogP contribution in [0.3, 0.4) is 0 Å². The summed E-state index contributed by atoms with van der Waals surface area (Å²) in [7, 11) is 0. The van der Waals surface area contributed by atoms with Crippen LogP contribution in [-0.4, -0.2) is 9.78 Å². The molecule has 2 aromatic carbocycles. The molecule has 0 N–H and O–H groups in total. The molecular weight excluding hydrogens is 272 g/mol. The summed E-state index contributed by atoms with van der Waals surface area (Å²) in [5, 5.41) is 5.08. The van der Waals surface area contributed by atoms with E-state index < -0.39 is 0 Å². The second kappa shape index (κ2) is 5.39. The summed E-state index contributed by atoms with van der Waals surface area (Å²) in [6, 6.07) is 17.0. The van der Waals surface area contributed by atoms with Crippen molar-refractivity contribution in [3.8, 4) is 17.2 Å². The summed E-state index contributed by atoms with van der Waals surface area (Å²) in [6.45, 7) is 1.96. The molecule has 0 aliphatic heterocycles. The van der Waals surface area contributed by atoms with E-state index in [4.69, 9.17) is 16.3 Å². The molecule has 4 heteroatoms. The number of hydrogen-bond donors (Lipinski definition) is 0. The van der Waals surface area contributed by atoms with Crippen molar-refractivity contribution in [2.75, 3.05) is 0 Å². The van der Waals surface area contributed by atoms with Gasteiger partial charge in [0, 0.05) is 17.3 Å². The normalized spacial score (nSPS) is 10.5. The summed E-state index contributed by atoms with van der Waals surface area (Å²) in [5.74, 6) is 1.51. The van der Waals surface area contributed by atoms with E-state index in [1.165, 1.54) is 0 Å². The second-order valence-electron chi connectivity index (χ2n) is 4.46. The highest BCUT2D eigenvalue weighted by molar-refractivity contribution is 6.30. The van der Waals surface area contributed by atoms with Gasteiger partial charge in [-0.05, 0) is 49.4 Å². The SMILES string of the molecule is Cc1ccn(-c2cccc(Oc3ccc(Cl)cc3)c2)n1. The number of hydrogen-bond acceptors (Lipinski definition) is 2. The highest BCUT2D eigenvalue weighted by Gasteiger charge is 2.02. The largest absolute Gasteiger partial charge is 0.457 e. The van der Waals surface area contributed by atoms with Crippen LogP contribution >= 0.6 is 11.6 Å². The molecule has 3 nitrogen and oxygen atoms in total. The average Bonchev–Trinajstić information content (AvgIpc) is 2.89. The van der Waals surface area contributed by atoms with Crippen LogP contribution in [0.1, 0.15) is 5.69 Å². The van der Waals surface area contributed by atoms with Gasteiger partial charge in [-0.25, -0.2) is 4.68 Å². The molecule has 0 saturated heterocycles. The second-order valence-corrected chi connectivity index (χ2v) is 4.89. The first-order valence-electron chi connectivity index (χ1n) is 6.27. The molecule has 1 aromatic heterocycles. The number of ether oxygens (including phenoxy) is 1. The molecule has 3 aromatic rings. The molecule has 0 unspecified atom stereocenters. The zero-order valence-corrected chi connectivity index (χ0v) is 11.7. The summed E-state index contributed by atoms with van der Waals surface area (Å²) in [5.41, 5.74) is 1.94. The average molecular weight is 285 g/mol. The van der Waals surface area contributed by atoms with Crippen LogP contribution in [-0.2, 0) is 0 Å². The lowest BCUT2D eigenvalue weighted by Crippen LogP contribution is -1.95. The Labute approximate surface area is 122 Å². The van der Waals surface area contributed by atoms with Crippen LogP contribution in [0, 0.1) is 6.92 Å². The van der Waals surface area contributed by atoms with Gasteiger partial charge in [-0.15, -0.1) is 0 Å². The maximum absolute atomic E-state index is 5.86. The van der Waals surface area contributed by atoms with Gasteiger partial charge in [0.2, 0.25) is 0 Å². The van der Waals surface area contributed by atoms with E-state index in [9.17, 15) is 0 Å². The highest BCUT2D eigenvalue weighted by atomic mass is 35.5. The maximum atomic E-state index is 5.86. The Morgan fingerprint density at radius 3 is 2.50 bits per heavy atom.